The van der Waals surface area contributed by atoms with Gasteiger partial charge in [0, 0.05) is 25.9 Å². The first kappa shape index (κ1) is 22.7. The average molecular weight is 465 g/mol. The molecule has 0 aliphatic rings. The van der Waals surface area contributed by atoms with Gasteiger partial charge in [-0.3, -0.25) is 9.69 Å². The van der Waals surface area contributed by atoms with Crippen LogP contribution in [0.15, 0.2) is 12.1 Å². The smallest absolute Gasteiger partial charge is 0.323 e. The number of aliphatic carboxylic acids is 1. The number of pyridine rings is 1. The fraction of sp³-hybridized carbons (Fsp3) is 0.500. The number of carboxylic acids is 1. The third-order valence-corrected chi connectivity index (χ3v) is 5.70. The van der Waals surface area contributed by atoms with Crippen molar-refractivity contribution in [1.29, 1.82) is 0 Å². The molecule has 0 spiro atoms. The number of nitrogens with one attached hydrogen (secondary N) is 3. The number of carbonyl (C=O) groups excluding carboxylic acids is 1. The van der Waals surface area contributed by atoms with Crippen LogP contribution >= 0.6 is 23.6 Å². The third kappa shape index (κ3) is 7.07. The number of tetrazole rings is 1. The number of rotatable bonds is 12. The summed E-state index contributed by atoms with van der Waals surface area (Å²) in [5.41, 5.74) is 0.842. The number of carbonyl (C=O) groups is 2. The summed E-state index contributed by atoms with van der Waals surface area (Å²) in [6.07, 6.45) is 4.41. The molecule has 3 heterocycles. The van der Waals surface area contributed by atoms with Crippen molar-refractivity contribution in [1.82, 2.24) is 35.9 Å². The van der Waals surface area contributed by atoms with Gasteiger partial charge in [-0.25, -0.2) is 9.78 Å². The molecule has 4 N–H and O–H groups in total. The fourth-order valence-corrected chi connectivity index (χ4v) is 4.06. The summed E-state index contributed by atoms with van der Waals surface area (Å²) >= 11 is 6.55. The van der Waals surface area contributed by atoms with Crippen LogP contribution in [0.3, 0.4) is 0 Å². The number of aromatic nitrogens is 6. The van der Waals surface area contributed by atoms with Crippen molar-refractivity contribution in [2.24, 2.45) is 0 Å². The van der Waals surface area contributed by atoms with E-state index in [0.717, 1.165) is 36.0 Å². The molecule has 0 radical (unpaired) electrons. The van der Waals surface area contributed by atoms with Gasteiger partial charge in [0.1, 0.15) is 10.6 Å². The van der Waals surface area contributed by atoms with Crippen molar-refractivity contribution in [3.8, 4) is 0 Å². The molecular weight excluding hydrogens is 440 g/mol. The Morgan fingerprint density at radius 3 is 2.84 bits per heavy atom. The van der Waals surface area contributed by atoms with Gasteiger partial charge in [-0.1, -0.05) is 23.0 Å². The maximum atomic E-state index is 12.9. The van der Waals surface area contributed by atoms with Crippen molar-refractivity contribution in [3.63, 3.8) is 0 Å². The second-order valence-electron chi connectivity index (χ2n) is 6.91. The minimum absolute atomic E-state index is 0.146. The molecule has 3 aromatic rings. The highest BCUT2D eigenvalue weighted by molar-refractivity contribution is 7.73. The first-order valence-corrected chi connectivity index (χ1v) is 11.2. The van der Waals surface area contributed by atoms with Crippen LogP contribution in [0.2, 0.25) is 0 Å². The summed E-state index contributed by atoms with van der Waals surface area (Å²) in [5, 5.41) is 25.5. The van der Waals surface area contributed by atoms with E-state index >= 15 is 0 Å². The normalized spacial score (nSPS) is 11.0. The summed E-state index contributed by atoms with van der Waals surface area (Å²) in [7, 11) is 0. The van der Waals surface area contributed by atoms with E-state index in [1.54, 1.807) is 11.0 Å². The maximum Gasteiger partial charge on any atom is 0.323 e. The van der Waals surface area contributed by atoms with Gasteiger partial charge in [-0.15, -0.1) is 10.2 Å². The van der Waals surface area contributed by atoms with Crippen LogP contribution in [0.1, 0.15) is 44.3 Å². The van der Waals surface area contributed by atoms with E-state index in [9.17, 15) is 9.59 Å². The van der Waals surface area contributed by atoms with Gasteiger partial charge in [-0.05, 0) is 50.0 Å². The van der Waals surface area contributed by atoms with Gasteiger partial charge in [0.05, 0.1) is 5.52 Å². The van der Waals surface area contributed by atoms with Crippen LogP contribution in [-0.4, -0.2) is 60.8 Å². The van der Waals surface area contributed by atoms with Crippen molar-refractivity contribution in [2.45, 2.75) is 44.9 Å². The number of anilines is 1. The van der Waals surface area contributed by atoms with Crippen LogP contribution in [0.25, 0.3) is 10.3 Å². The Kier molecular flexibility index (Phi) is 8.41. The van der Waals surface area contributed by atoms with Crippen LogP contribution in [0, 0.1) is 3.95 Å². The lowest BCUT2D eigenvalue weighted by Crippen LogP contribution is -2.41. The molecule has 0 atom stereocenters. The van der Waals surface area contributed by atoms with E-state index < -0.39 is 5.97 Å². The van der Waals surface area contributed by atoms with E-state index in [4.69, 9.17) is 17.3 Å². The second kappa shape index (κ2) is 11.5. The van der Waals surface area contributed by atoms with E-state index in [0.29, 0.717) is 41.5 Å². The lowest BCUT2D eigenvalue weighted by atomic mass is 10.2. The zero-order valence-electron chi connectivity index (χ0n) is 16.8. The molecule has 0 aliphatic heterocycles. The molecule has 11 nitrogen and oxygen atoms in total. The van der Waals surface area contributed by atoms with Gasteiger partial charge in [-0.2, -0.15) is 5.21 Å². The lowest BCUT2D eigenvalue weighted by Gasteiger charge is -2.22. The Morgan fingerprint density at radius 2 is 2.06 bits per heavy atom. The van der Waals surface area contributed by atoms with Crippen LogP contribution in [-0.2, 0) is 11.2 Å². The lowest BCUT2D eigenvalue weighted by molar-refractivity contribution is -0.137. The molecule has 0 bridgehead atoms. The Balaban J connectivity index is 1.59. The summed E-state index contributed by atoms with van der Waals surface area (Å²) in [4.78, 5) is 33.5. The Labute approximate surface area is 187 Å². The van der Waals surface area contributed by atoms with E-state index in [1.165, 1.54) is 11.3 Å². The highest BCUT2D eigenvalue weighted by Crippen LogP contribution is 2.22. The average Bonchev–Trinajstić information content (AvgIpc) is 3.38. The minimum Gasteiger partial charge on any atom is -0.481 e. The predicted molar refractivity (Wildman–Crippen MR) is 119 cm³/mol. The number of aromatic amines is 2. The number of unbranched alkanes of at least 4 members (excludes halogenated alkanes) is 3. The monoisotopic (exact) mass is 464 g/mol. The molecule has 166 valence electrons. The van der Waals surface area contributed by atoms with E-state index in [2.05, 4.69) is 35.9 Å². The number of nitrogens with zero attached hydrogens (tertiary/aromatic N) is 5. The van der Waals surface area contributed by atoms with Gasteiger partial charge in [0.2, 0.25) is 0 Å². The minimum atomic E-state index is -0.800. The molecule has 0 saturated heterocycles. The van der Waals surface area contributed by atoms with Gasteiger partial charge >= 0.3 is 12.0 Å². The SMILES string of the molecule is O=C(O)CCCCCNC(=O)N(CCCCc1nn[nH]n1)c1ccc2[nH]c(=S)sc2n1. The molecule has 0 aliphatic carbocycles. The summed E-state index contributed by atoms with van der Waals surface area (Å²) in [5.74, 6) is 0.398. The largest absolute Gasteiger partial charge is 0.481 e. The predicted octanol–water partition coefficient (Wildman–Crippen LogP) is 3.05. The quantitative estimate of drug-likeness (QED) is 0.236. The molecule has 3 aromatic heterocycles. The number of aryl methyl sites for hydroxylation is 1. The Hall–Kier alpha value is -2.93. The van der Waals surface area contributed by atoms with Crippen molar-refractivity contribution < 1.29 is 14.7 Å². The molecule has 0 unspecified atom stereocenters. The van der Waals surface area contributed by atoms with E-state index in [-0.39, 0.29) is 12.5 Å². The molecule has 0 aromatic carbocycles. The van der Waals surface area contributed by atoms with Crippen molar-refractivity contribution in [3.05, 3.63) is 21.9 Å². The topological polar surface area (TPSA) is 153 Å². The van der Waals surface area contributed by atoms with Crippen LogP contribution < -0.4 is 10.2 Å². The molecule has 2 amide bonds. The number of hydrogen-bond donors (Lipinski definition) is 4. The number of fused-ring (bicyclic) bond motifs is 1. The number of hydrogen-bond acceptors (Lipinski definition) is 8. The zero-order chi connectivity index (χ0) is 22.1. The molecule has 3 rings (SSSR count). The first-order chi connectivity index (χ1) is 15.0. The Bertz CT molecular complexity index is 1050. The van der Waals surface area contributed by atoms with Crippen molar-refractivity contribution in [2.75, 3.05) is 18.0 Å². The van der Waals surface area contributed by atoms with Gasteiger partial charge in [0.15, 0.2) is 9.78 Å². The Morgan fingerprint density at radius 1 is 1.19 bits per heavy atom. The van der Waals surface area contributed by atoms with Gasteiger partial charge in [0.25, 0.3) is 0 Å². The number of carboxylic acid groups (broad SMARTS) is 1. The standard InChI is InChI=1S/C18H24N8O3S2/c27-15(28)7-2-1-4-10-19-17(29)26(11-5-3-6-13-22-24-25-23-13)14-9-8-12-16(21-14)31-18(30)20-12/h8-9H,1-7,10-11H2,(H,19,29)(H,20,30)(H,27,28)(H,22,23,24,25). The van der Waals surface area contributed by atoms with Crippen molar-refractivity contribution >= 4 is 51.7 Å². The summed E-state index contributed by atoms with van der Waals surface area (Å²) in [6, 6.07) is 3.44. The molecule has 31 heavy (non-hydrogen) atoms. The van der Waals surface area contributed by atoms with Crippen LogP contribution in [0.4, 0.5) is 10.6 Å². The number of amides is 2. The highest BCUT2D eigenvalue weighted by atomic mass is 32.1. The molecule has 13 heteroatoms. The van der Waals surface area contributed by atoms with Gasteiger partial charge < -0.3 is 15.4 Å². The number of urea groups is 1. The van der Waals surface area contributed by atoms with Crippen LogP contribution in [0.5, 0.6) is 0 Å². The molecular formula is C18H24N8O3S2. The first-order valence-electron chi connectivity index (χ1n) is 10.0. The summed E-state index contributed by atoms with van der Waals surface area (Å²) in [6.45, 7) is 0.959. The number of H-pyrrole nitrogens is 2. The highest BCUT2D eigenvalue weighted by Gasteiger charge is 2.17. The number of thiazole rings is 1. The second-order valence-corrected chi connectivity index (χ2v) is 8.58. The van der Waals surface area contributed by atoms with E-state index in [1.807, 2.05) is 6.07 Å². The molecule has 0 saturated carbocycles. The zero-order valence-corrected chi connectivity index (χ0v) is 18.5. The molecule has 0 fully saturated rings. The maximum absolute atomic E-state index is 12.9. The third-order valence-electron chi connectivity index (χ3n) is 4.56. The fourth-order valence-electron chi connectivity index (χ4n) is 3.01. The summed E-state index contributed by atoms with van der Waals surface area (Å²) < 4.78 is 0.636.